The number of amides is 4. The molecule has 1 aliphatic heterocycles. The van der Waals surface area contributed by atoms with Crippen molar-refractivity contribution in [2.75, 3.05) is 11.9 Å². The Bertz CT molecular complexity index is 895. The third-order valence-corrected chi connectivity index (χ3v) is 4.93. The maximum Gasteiger partial charge on any atom is 0.325 e. The van der Waals surface area contributed by atoms with E-state index in [1.807, 2.05) is 57.2 Å². The molecule has 0 bridgehead atoms. The van der Waals surface area contributed by atoms with Crippen LogP contribution in [0.25, 0.3) is 0 Å². The van der Waals surface area contributed by atoms with E-state index in [1.165, 1.54) is 0 Å². The zero-order valence-electron chi connectivity index (χ0n) is 15.7. The molecule has 1 unspecified atom stereocenters. The van der Waals surface area contributed by atoms with Crippen LogP contribution in [0.3, 0.4) is 0 Å². The molecular formula is C21H23N3O3. The largest absolute Gasteiger partial charge is 0.325 e. The molecular weight excluding hydrogens is 342 g/mol. The average molecular weight is 365 g/mol. The van der Waals surface area contributed by atoms with Crippen LogP contribution in [0.2, 0.25) is 0 Å². The fourth-order valence-corrected chi connectivity index (χ4v) is 3.42. The molecule has 140 valence electrons. The number of aryl methyl sites for hydroxylation is 2. The van der Waals surface area contributed by atoms with Crippen LogP contribution in [0.1, 0.15) is 30.0 Å². The normalized spacial score (nSPS) is 19.1. The molecule has 1 heterocycles. The minimum Gasteiger partial charge on any atom is -0.324 e. The highest BCUT2D eigenvalue weighted by Crippen LogP contribution is 2.32. The van der Waals surface area contributed by atoms with E-state index in [4.69, 9.17) is 0 Å². The summed E-state index contributed by atoms with van der Waals surface area (Å²) in [7, 11) is 0. The maximum absolute atomic E-state index is 13.0. The number of rotatable bonds is 5. The zero-order valence-corrected chi connectivity index (χ0v) is 15.7. The average Bonchev–Trinajstić information content (AvgIpc) is 2.90. The summed E-state index contributed by atoms with van der Waals surface area (Å²) in [5.74, 6) is -0.817. The van der Waals surface area contributed by atoms with Gasteiger partial charge in [0.25, 0.3) is 5.91 Å². The van der Waals surface area contributed by atoms with Gasteiger partial charge in [0, 0.05) is 5.69 Å². The number of anilines is 1. The van der Waals surface area contributed by atoms with Gasteiger partial charge < -0.3 is 10.6 Å². The second-order valence-electron chi connectivity index (χ2n) is 6.81. The van der Waals surface area contributed by atoms with Crippen LogP contribution in [0.4, 0.5) is 10.5 Å². The molecule has 27 heavy (non-hydrogen) atoms. The Hall–Kier alpha value is -3.15. The van der Waals surface area contributed by atoms with E-state index in [9.17, 15) is 14.4 Å². The van der Waals surface area contributed by atoms with E-state index in [0.29, 0.717) is 17.7 Å². The van der Waals surface area contributed by atoms with Crippen LogP contribution in [0.15, 0.2) is 48.5 Å². The van der Waals surface area contributed by atoms with Crippen LogP contribution < -0.4 is 10.6 Å². The number of imide groups is 1. The number of urea groups is 1. The summed E-state index contributed by atoms with van der Waals surface area (Å²) in [6.07, 6.45) is 0.400. The van der Waals surface area contributed by atoms with E-state index in [1.54, 1.807) is 12.1 Å². The van der Waals surface area contributed by atoms with E-state index in [2.05, 4.69) is 10.6 Å². The van der Waals surface area contributed by atoms with Gasteiger partial charge in [0.15, 0.2) is 0 Å². The minimum absolute atomic E-state index is 0.327. The molecule has 6 heteroatoms. The summed E-state index contributed by atoms with van der Waals surface area (Å²) in [6, 6.07) is 14.2. The number of carbonyl (C=O) groups excluding carboxylic acids is 3. The fraction of sp³-hybridized carbons (Fsp3) is 0.286. The quantitative estimate of drug-likeness (QED) is 0.799. The van der Waals surface area contributed by atoms with E-state index in [-0.39, 0.29) is 6.54 Å². The number of carbonyl (C=O) groups is 3. The van der Waals surface area contributed by atoms with Crippen molar-refractivity contribution in [1.82, 2.24) is 10.2 Å². The summed E-state index contributed by atoms with van der Waals surface area (Å²) in [6.45, 7) is 5.38. The Morgan fingerprint density at radius 2 is 1.81 bits per heavy atom. The molecule has 2 aromatic rings. The standard InChI is InChI=1S/C21H23N3O3/c1-4-21(16-8-6-5-7-9-16)19(26)24(20(27)23-21)13-18(25)22-17-11-10-14(2)12-15(17)3/h5-12H,4,13H2,1-3H3,(H,22,25)(H,23,27). The Kier molecular flexibility index (Phi) is 4.99. The Morgan fingerprint density at radius 1 is 1.11 bits per heavy atom. The van der Waals surface area contributed by atoms with E-state index in [0.717, 1.165) is 16.0 Å². The highest BCUT2D eigenvalue weighted by Gasteiger charge is 2.51. The highest BCUT2D eigenvalue weighted by molar-refractivity contribution is 6.10. The topological polar surface area (TPSA) is 78.5 Å². The molecule has 1 fully saturated rings. The first-order valence-corrected chi connectivity index (χ1v) is 8.94. The van der Waals surface area contributed by atoms with Crippen molar-refractivity contribution in [3.63, 3.8) is 0 Å². The molecule has 0 aliphatic carbocycles. The molecule has 1 saturated heterocycles. The van der Waals surface area contributed by atoms with Gasteiger partial charge in [-0.2, -0.15) is 0 Å². The van der Waals surface area contributed by atoms with Gasteiger partial charge in [0.05, 0.1) is 0 Å². The lowest BCUT2D eigenvalue weighted by Crippen LogP contribution is -2.44. The molecule has 4 amide bonds. The van der Waals surface area contributed by atoms with Gasteiger partial charge in [-0.3, -0.25) is 14.5 Å². The van der Waals surface area contributed by atoms with Crippen molar-refractivity contribution >= 4 is 23.5 Å². The first-order chi connectivity index (χ1) is 12.9. The zero-order chi connectivity index (χ0) is 19.6. The van der Waals surface area contributed by atoms with Gasteiger partial charge in [0.1, 0.15) is 12.1 Å². The third kappa shape index (κ3) is 3.43. The predicted octanol–water partition coefficient (Wildman–Crippen LogP) is 3.10. The molecule has 0 spiro atoms. The van der Waals surface area contributed by atoms with Crippen LogP contribution in [0.5, 0.6) is 0 Å². The fourth-order valence-electron chi connectivity index (χ4n) is 3.42. The van der Waals surface area contributed by atoms with Gasteiger partial charge in [-0.05, 0) is 37.5 Å². The summed E-state index contributed by atoms with van der Waals surface area (Å²) >= 11 is 0. The summed E-state index contributed by atoms with van der Waals surface area (Å²) in [5, 5.41) is 5.56. The van der Waals surface area contributed by atoms with Gasteiger partial charge in [0.2, 0.25) is 5.91 Å². The first-order valence-electron chi connectivity index (χ1n) is 8.94. The van der Waals surface area contributed by atoms with Gasteiger partial charge in [-0.15, -0.1) is 0 Å². The lowest BCUT2D eigenvalue weighted by molar-refractivity contribution is -0.134. The van der Waals surface area contributed by atoms with Crippen molar-refractivity contribution in [3.8, 4) is 0 Å². The van der Waals surface area contributed by atoms with Gasteiger partial charge >= 0.3 is 6.03 Å². The van der Waals surface area contributed by atoms with E-state index >= 15 is 0 Å². The SMILES string of the molecule is CCC1(c2ccccc2)NC(=O)N(CC(=O)Nc2ccc(C)cc2C)C1=O. The molecule has 0 radical (unpaired) electrons. The van der Waals surface area contributed by atoms with Gasteiger partial charge in [-0.1, -0.05) is 55.0 Å². The molecule has 0 saturated carbocycles. The predicted molar refractivity (Wildman–Crippen MR) is 103 cm³/mol. The van der Waals surface area contributed by atoms with Crippen LogP contribution in [0, 0.1) is 13.8 Å². The lowest BCUT2D eigenvalue weighted by atomic mass is 9.87. The van der Waals surface area contributed by atoms with Crippen molar-refractivity contribution < 1.29 is 14.4 Å². The highest BCUT2D eigenvalue weighted by atomic mass is 16.2. The summed E-state index contributed by atoms with van der Waals surface area (Å²) in [4.78, 5) is 38.9. The number of hydrogen-bond donors (Lipinski definition) is 2. The first kappa shape index (κ1) is 18.6. The number of nitrogens with zero attached hydrogens (tertiary/aromatic N) is 1. The monoisotopic (exact) mass is 365 g/mol. The molecule has 1 atom stereocenters. The molecule has 2 aromatic carbocycles. The third-order valence-electron chi connectivity index (χ3n) is 4.93. The van der Waals surface area contributed by atoms with Crippen LogP contribution >= 0.6 is 0 Å². The van der Waals surface area contributed by atoms with Crippen molar-refractivity contribution in [3.05, 3.63) is 65.2 Å². The van der Waals surface area contributed by atoms with Crippen LogP contribution in [-0.2, 0) is 15.1 Å². The molecule has 6 nitrogen and oxygen atoms in total. The van der Waals surface area contributed by atoms with E-state index < -0.39 is 23.4 Å². The Morgan fingerprint density at radius 3 is 2.44 bits per heavy atom. The lowest BCUT2D eigenvalue weighted by Gasteiger charge is -2.25. The summed E-state index contributed by atoms with van der Waals surface area (Å²) < 4.78 is 0. The second kappa shape index (κ2) is 7.23. The Balaban J connectivity index is 1.78. The van der Waals surface area contributed by atoms with Crippen molar-refractivity contribution in [2.24, 2.45) is 0 Å². The molecule has 3 rings (SSSR count). The summed E-state index contributed by atoms with van der Waals surface area (Å²) in [5.41, 5.74) is 2.27. The van der Waals surface area contributed by atoms with Crippen molar-refractivity contribution in [1.29, 1.82) is 0 Å². The maximum atomic E-state index is 13.0. The number of nitrogens with one attached hydrogen (secondary N) is 2. The molecule has 0 aromatic heterocycles. The van der Waals surface area contributed by atoms with Gasteiger partial charge in [-0.25, -0.2) is 4.79 Å². The van der Waals surface area contributed by atoms with Crippen molar-refractivity contribution in [2.45, 2.75) is 32.7 Å². The molecule has 1 aliphatic rings. The number of benzene rings is 2. The minimum atomic E-state index is -1.13. The number of hydrogen-bond acceptors (Lipinski definition) is 3. The smallest absolute Gasteiger partial charge is 0.324 e. The second-order valence-corrected chi connectivity index (χ2v) is 6.81. The Labute approximate surface area is 158 Å². The van der Waals surface area contributed by atoms with Crippen LogP contribution in [-0.4, -0.2) is 29.3 Å². The molecule has 2 N–H and O–H groups in total.